The molecule has 5 rings (SSSR count). The minimum atomic E-state index is -0.686. The van der Waals surface area contributed by atoms with Gasteiger partial charge in [0.25, 0.3) is 0 Å². The van der Waals surface area contributed by atoms with Crippen molar-refractivity contribution in [3.05, 3.63) is 66.3 Å². The highest BCUT2D eigenvalue weighted by molar-refractivity contribution is 7.19. The number of halogens is 2. The van der Waals surface area contributed by atoms with Crippen molar-refractivity contribution >= 4 is 16.9 Å². The van der Waals surface area contributed by atoms with Gasteiger partial charge in [0.15, 0.2) is 5.82 Å². The SMILES string of the molecule is Cc1nn2ccccc2c1-c1nc(-c2c(F)cccc2F)c(-c2nnc[nH]2)s1. The van der Waals surface area contributed by atoms with E-state index in [9.17, 15) is 8.78 Å². The van der Waals surface area contributed by atoms with Crippen LogP contribution in [-0.4, -0.2) is 29.8 Å². The number of benzene rings is 1. The maximum atomic E-state index is 14.5. The molecule has 28 heavy (non-hydrogen) atoms. The van der Waals surface area contributed by atoms with Gasteiger partial charge in [-0.3, -0.25) is 0 Å². The van der Waals surface area contributed by atoms with Crippen LogP contribution in [0.1, 0.15) is 5.69 Å². The molecule has 138 valence electrons. The van der Waals surface area contributed by atoms with Crippen molar-refractivity contribution in [3.63, 3.8) is 0 Å². The van der Waals surface area contributed by atoms with Gasteiger partial charge in [-0.2, -0.15) is 5.10 Å². The zero-order valence-corrected chi connectivity index (χ0v) is 15.3. The number of hydrogen-bond acceptors (Lipinski definition) is 5. The molecule has 0 fully saturated rings. The minimum absolute atomic E-state index is 0.182. The van der Waals surface area contributed by atoms with Gasteiger partial charge >= 0.3 is 0 Å². The van der Waals surface area contributed by atoms with E-state index in [1.54, 1.807) is 4.52 Å². The lowest BCUT2D eigenvalue weighted by molar-refractivity contribution is 0.589. The van der Waals surface area contributed by atoms with E-state index in [1.807, 2.05) is 31.3 Å². The highest BCUT2D eigenvalue weighted by Crippen LogP contribution is 2.42. The van der Waals surface area contributed by atoms with Gasteiger partial charge in [0.2, 0.25) is 0 Å². The fourth-order valence-electron chi connectivity index (χ4n) is 3.18. The van der Waals surface area contributed by atoms with E-state index in [0.29, 0.717) is 15.7 Å². The first-order valence-corrected chi connectivity index (χ1v) is 9.21. The van der Waals surface area contributed by atoms with E-state index in [0.717, 1.165) is 16.8 Å². The maximum Gasteiger partial charge on any atom is 0.173 e. The number of hydrogen-bond donors (Lipinski definition) is 1. The lowest BCUT2D eigenvalue weighted by Gasteiger charge is -2.03. The Bertz CT molecular complexity index is 1290. The lowest BCUT2D eigenvalue weighted by atomic mass is 10.1. The molecule has 0 saturated heterocycles. The molecule has 0 unspecified atom stereocenters. The normalized spacial score (nSPS) is 11.4. The second-order valence-corrected chi connectivity index (χ2v) is 7.12. The summed E-state index contributed by atoms with van der Waals surface area (Å²) in [6, 6.07) is 9.46. The highest BCUT2D eigenvalue weighted by atomic mass is 32.1. The molecule has 0 radical (unpaired) electrons. The number of nitrogens with zero attached hydrogens (tertiary/aromatic N) is 5. The van der Waals surface area contributed by atoms with Crippen LogP contribution in [0.5, 0.6) is 0 Å². The molecule has 0 saturated carbocycles. The van der Waals surface area contributed by atoms with Gasteiger partial charge in [-0.15, -0.1) is 21.5 Å². The third-order valence-corrected chi connectivity index (χ3v) is 5.47. The zero-order chi connectivity index (χ0) is 19.3. The van der Waals surface area contributed by atoms with E-state index in [-0.39, 0.29) is 11.3 Å². The predicted octanol–water partition coefficient (Wildman–Crippen LogP) is 4.50. The number of aromatic nitrogens is 6. The number of thiazole rings is 1. The van der Waals surface area contributed by atoms with Crippen LogP contribution in [0.4, 0.5) is 8.78 Å². The summed E-state index contributed by atoms with van der Waals surface area (Å²) < 4.78 is 30.8. The second-order valence-electron chi connectivity index (χ2n) is 6.12. The van der Waals surface area contributed by atoms with E-state index in [4.69, 9.17) is 0 Å². The largest absolute Gasteiger partial charge is 0.327 e. The number of pyridine rings is 1. The summed E-state index contributed by atoms with van der Waals surface area (Å²) in [5.74, 6) is -0.973. The highest BCUT2D eigenvalue weighted by Gasteiger charge is 2.25. The van der Waals surface area contributed by atoms with E-state index < -0.39 is 11.6 Å². The van der Waals surface area contributed by atoms with Crippen LogP contribution in [0.3, 0.4) is 0 Å². The Balaban J connectivity index is 1.81. The zero-order valence-electron chi connectivity index (χ0n) is 14.5. The average Bonchev–Trinajstić information content (AvgIpc) is 3.39. The fourth-order valence-corrected chi connectivity index (χ4v) is 4.30. The van der Waals surface area contributed by atoms with Gasteiger partial charge in [0.05, 0.1) is 28.0 Å². The standard InChI is InChI=1S/C19H12F2N6S/c1-10-14(13-7-2-3-8-27(13)26-10)19-24-16(15-11(20)5-4-6-12(15)21)17(28-19)18-22-9-23-25-18/h2-9H,1H3,(H,22,23,25). The molecule has 0 aliphatic heterocycles. The molecule has 0 bridgehead atoms. The minimum Gasteiger partial charge on any atom is -0.327 e. The maximum absolute atomic E-state index is 14.5. The van der Waals surface area contributed by atoms with Gasteiger partial charge in [-0.25, -0.2) is 18.3 Å². The molecule has 9 heteroatoms. The van der Waals surface area contributed by atoms with E-state index in [2.05, 4.69) is 25.3 Å². The van der Waals surface area contributed by atoms with Crippen molar-refractivity contribution < 1.29 is 8.78 Å². The van der Waals surface area contributed by atoms with Crippen molar-refractivity contribution in [3.8, 4) is 32.5 Å². The summed E-state index contributed by atoms with van der Waals surface area (Å²) in [6.07, 6.45) is 3.25. The summed E-state index contributed by atoms with van der Waals surface area (Å²) >= 11 is 1.28. The molecule has 0 aliphatic carbocycles. The molecule has 0 spiro atoms. The van der Waals surface area contributed by atoms with Crippen molar-refractivity contribution in [1.29, 1.82) is 0 Å². The fraction of sp³-hybridized carbons (Fsp3) is 0.0526. The first kappa shape index (κ1) is 16.7. The van der Waals surface area contributed by atoms with Gasteiger partial charge in [0, 0.05) is 6.20 Å². The lowest BCUT2D eigenvalue weighted by Crippen LogP contribution is -1.92. The van der Waals surface area contributed by atoms with Crippen LogP contribution >= 0.6 is 11.3 Å². The number of H-pyrrole nitrogens is 1. The van der Waals surface area contributed by atoms with Crippen LogP contribution in [0.2, 0.25) is 0 Å². The molecule has 4 heterocycles. The van der Waals surface area contributed by atoms with Gasteiger partial charge in [-0.05, 0) is 31.2 Å². The number of fused-ring (bicyclic) bond motifs is 1. The van der Waals surface area contributed by atoms with Crippen LogP contribution in [-0.2, 0) is 0 Å². The Morgan fingerprint density at radius 3 is 2.61 bits per heavy atom. The summed E-state index contributed by atoms with van der Waals surface area (Å²) in [7, 11) is 0. The van der Waals surface area contributed by atoms with Crippen LogP contribution in [0.25, 0.3) is 38.0 Å². The van der Waals surface area contributed by atoms with Gasteiger partial charge in [0.1, 0.15) is 27.8 Å². The van der Waals surface area contributed by atoms with Crippen LogP contribution in [0.15, 0.2) is 48.9 Å². The monoisotopic (exact) mass is 394 g/mol. The quantitative estimate of drug-likeness (QED) is 0.489. The topological polar surface area (TPSA) is 71.8 Å². The predicted molar refractivity (Wildman–Crippen MR) is 102 cm³/mol. The smallest absolute Gasteiger partial charge is 0.173 e. The van der Waals surface area contributed by atoms with Crippen molar-refractivity contribution in [2.75, 3.05) is 0 Å². The van der Waals surface area contributed by atoms with E-state index >= 15 is 0 Å². The summed E-state index contributed by atoms with van der Waals surface area (Å²) in [5.41, 5.74) is 2.44. The molecule has 1 N–H and O–H groups in total. The van der Waals surface area contributed by atoms with Gasteiger partial charge in [-0.1, -0.05) is 12.1 Å². The summed E-state index contributed by atoms with van der Waals surface area (Å²) in [4.78, 5) is 8.01. The van der Waals surface area contributed by atoms with Crippen molar-refractivity contribution in [2.45, 2.75) is 6.92 Å². The Morgan fingerprint density at radius 2 is 1.86 bits per heavy atom. The van der Waals surface area contributed by atoms with Crippen molar-refractivity contribution in [1.82, 2.24) is 29.8 Å². The molecule has 0 aliphatic rings. The van der Waals surface area contributed by atoms with Crippen LogP contribution < -0.4 is 0 Å². The first-order chi connectivity index (χ1) is 13.6. The van der Waals surface area contributed by atoms with Gasteiger partial charge < -0.3 is 4.98 Å². The molecule has 1 aromatic carbocycles. The third-order valence-electron chi connectivity index (χ3n) is 4.39. The molecule has 0 atom stereocenters. The molecular formula is C19H12F2N6S. The Labute approximate surface area is 161 Å². The number of rotatable bonds is 3. The molecule has 0 amide bonds. The second kappa shape index (κ2) is 6.31. The van der Waals surface area contributed by atoms with Crippen molar-refractivity contribution in [2.24, 2.45) is 0 Å². The molecule has 6 nitrogen and oxygen atoms in total. The number of aryl methyl sites for hydroxylation is 1. The Kier molecular flexibility index (Phi) is 3.76. The number of nitrogens with one attached hydrogen (secondary N) is 1. The first-order valence-electron chi connectivity index (χ1n) is 8.39. The number of aromatic amines is 1. The van der Waals surface area contributed by atoms with Crippen LogP contribution in [0, 0.1) is 18.6 Å². The molecule has 4 aromatic heterocycles. The van der Waals surface area contributed by atoms with E-state index in [1.165, 1.54) is 35.9 Å². The molecular weight excluding hydrogens is 382 g/mol. The molecule has 5 aromatic rings. The Hall–Kier alpha value is -3.46. The average molecular weight is 394 g/mol. The Morgan fingerprint density at radius 1 is 1.04 bits per heavy atom. The third kappa shape index (κ3) is 2.51. The summed E-state index contributed by atoms with van der Waals surface area (Å²) in [6.45, 7) is 1.88. The summed E-state index contributed by atoms with van der Waals surface area (Å²) in [5, 5.41) is 12.9.